The van der Waals surface area contributed by atoms with Gasteiger partial charge in [0.15, 0.2) is 0 Å². The lowest BCUT2D eigenvalue weighted by Crippen LogP contribution is -2.34. The van der Waals surface area contributed by atoms with Crippen LogP contribution in [0.5, 0.6) is 0 Å². The first kappa shape index (κ1) is 24.5. The number of benzene rings is 2. The van der Waals surface area contributed by atoms with Gasteiger partial charge < -0.3 is 14.4 Å². The van der Waals surface area contributed by atoms with Crippen LogP contribution < -0.4 is 0 Å². The Morgan fingerprint density at radius 1 is 1.11 bits per heavy atom. The van der Waals surface area contributed by atoms with E-state index in [0.717, 1.165) is 12.2 Å². The van der Waals surface area contributed by atoms with Crippen LogP contribution >= 0.6 is 0 Å². The van der Waals surface area contributed by atoms with Crippen molar-refractivity contribution >= 4 is 11.5 Å². The van der Waals surface area contributed by atoms with Gasteiger partial charge in [0.2, 0.25) is 0 Å². The zero-order valence-corrected chi connectivity index (χ0v) is 19.1. The summed E-state index contributed by atoms with van der Waals surface area (Å²) in [6.07, 6.45) is -2.38. The monoisotopic (exact) mass is 485 g/mol. The molecular formula is C27H23F4NO3. The molecule has 0 aliphatic heterocycles. The number of aromatic carboxylic acids is 1. The summed E-state index contributed by atoms with van der Waals surface area (Å²) >= 11 is 0. The number of carbonyl (C=O) groups is 1. The van der Waals surface area contributed by atoms with E-state index in [4.69, 9.17) is 4.74 Å². The van der Waals surface area contributed by atoms with Crippen LogP contribution in [-0.4, -0.2) is 27.4 Å². The lowest BCUT2D eigenvalue weighted by molar-refractivity contribution is -0.0896. The minimum atomic E-state index is -4.54. The highest BCUT2D eigenvalue weighted by molar-refractivity contribution is 5.88. The minimum absolute atomic E-state index is 0.0335. The first-order valence-electron chi connectivity index (χ1n) is 10.9. The number of hydrogen-bond donors (Lipinski definition) is 1. The summed E-state index contributed by atoms with van der Waals surface area (Å²) in [6, 6.07) is 15.4. The van der Waals surface area contributed by atoms with Gasteiger partial charge in [0.25, 0.3) is 0 Å². The Balaban J connectivity index is 1.80. The van der Waals surface area contributed by atoms with Crippen LogP contribution in [-0.2, 0) is 11.3 Å². The third-order valence-corrected chi connectivity index (χ3v) is 6.08. The molecule has 8 heteroatoms. The fourth-order valence-corrected chi connectivity index (χ4v) is 4.15. The van der Waals surface area contributed by atoms with Gasteiger partial charge >= 0.3 is 12.1 Å². The molecule has 2 aromatic carbocycles. The first-order valence-corrected chi connectivity index (χ1v) is 10.9. The molecule has 0 spiro atoms. The van der Waals surface area contributed by atoms with Crippen LogP contribution in [0.25, 0.3) is 11.3 Å². The summed E-state index contributed by atoms with van der Waals surface area (Å²) in [5.41, 5.74) is 0.823. The molecule has 1 aromatic heterocycles. The maximum atomic E-state index is 13.7. The molecule has 182 valence electrons. The zero-order valence-electron chi connectivity index (χ0n) is 19.1. The molecule has 1 atom stereocenters. The standard InChI is InChI=1S/C27H23F4NO3/c1-17-6-11-24(32(17)22-5-3-4-19(14-22)25(33)34)23-15-20(27(29,30)31)12-13-26(23,2)35-16-18-7-9-21(28)10-8-18/h3-12,14-15H,13,16H2,1-2H3,(H,33,34). The molecule has 4 rings (SSSR count). The SMILES string of the molecule is Cc1ccc(C2=CC(C(F)(F)F)=CCC2(C)OCc2ccc(F)cc2)n1-c1cccc(C(=O)O)c1. The van der Waals surface area contributed by atoms with Gasteiger partial charge in [-0.3, -0.25) is 0 Å². The van der Waals surface area contributed by atoms with Gasteiger partial charge in [-0.2, -0.15) is 13.2 Å². The van der Waals surface area contributed by atoms with Gasteiger partial charge in [-0.05, 0) is 74.4 Å². The topological polar surface area (TPSA) is 51.5 Å². The van der Waals surface area contributed by atoms with Crippen molar-refractivity contribution in [3.63, 3.8) is 0 Å². The Morgan fingerprint density at radius 2 is 1.83 bits per heavy atom. The summed E-state index contributed by atoms with van der Waals surface area (Å²) in [5, 5.41) is 9.40. The van der Waals surface area contributed by atoms with E-state index in [1.54, 1.807) is 54.8 Å². The number of alkyl halides is 3. The van der Waals surface area contributed by atoms with E-state index in [2.05, 4.69) is 0 Å². The summed E-state index contributed by atoms with van der Waals surface area (Å²) < 4.78 is 62.2. The molecule has 35 heavy (non-hydrogen) atoms. The molecule has 4 nitrogen and oxygen atoms in total. The largest absolute Gasteiger partial charge is 0.478 e. The lowest BCUT2D eigenvalue weighted by Gasteiger charge is -2.36. The second-order valence-corrected chi connectivity index (χ2v) is 8.62. The average Bonchev–Trinajstić information content (AvgIpc) is 3.19. The van der Waals surface area contributed by atoms with Crippen molar-refractivity contribution in [2.75, 3.05) is 0 Å². The van der Waals surface area contributed by atoms with E-state index >= 15 is 0 Å². The summed E-state index contributed by atoms with van der Waals surface area (Å²) in [5.74, 6) is -1.50. The van der Waals surface area contributed by atoms with Crippen LogP contribution in [0.15, 0.2) is 78.4 Å². The lowest BCUT2D eigenvalue weighted by atomic mass is 9.83. The second-order valence-electron chi connectivity index (χ2n) is 8.62. The number of carboxylic acids is 1. The predicted octanol–water partition coefficient (Wildman–Crippen LogP) is 6.87. The number of carboxylic acid groups (broad SMARTS) is 1. The first-order chi connectivity index (χ1) is 16.5. The Kier molecular flexibility index (Phi) is 6.42. The van der Waals surface area contributed by atoms with Crippen LogP contribution in [0.3, 0.4) is 0 Å². The Bertz CT molecular complexity index is 1320. The molecule has 0 bridgehead atoms. The van der Waals surface area contributed by atoms with Gasteiger partial charge in [-0.15, -0.1) is 0 Å². The molecule has 0 amide bonds. The number of nitrogens with zero attached hydrogens (tertiary/aromatic N) is 1. The van der Waals surface area contributed by atoms with E-state index < -0.39 is 29.1 Å². The summed E-state index contributed by atoms with van der Waals surface area (Å²) in [4.78, 5) is 11.5. The summed E-state index contributed by atoms with van der Waals surface area (Å²) in [7, 11) is 0. The van der Waals surface area contributed by atoms with E-state index in [9.17, 15) is 27.5 Å². The van der Waals surface area contributed by atoms with Gasteiger partial charge in [0.05, 0.1) is 29.0 Å². The van der Waals surface area contributed by atoms with Crippen LogP contribution in [0.4, 0.5) is 17.6 Å². The highest BCUT2D eigenvalue weighted by Gasteiger charge is 2.41. The second kappa shape index (κ2) is 9.19. The molecule has 0 saturated carbocycles. The van der Waals surface area contributed by atoms with Crippen LogP contribution in [0.2, 0.25) is 0 Å². The van der Waals surface area contributed by atoms with Crippen molar-refractivity contribution < 1.29 is 32.2 Å². The summed E-state index contributed by atoms with van der Waals surface area (Å²) in [6.45, 7) is 3.57. The zero-order chi connectivity index (χ0) is 25.4. The van der Waals surface area contributed by atoms with E-state index in [-0.39, 0.29) is 18.6 Å². The number of ether oxygens (including phenoxy) is 1. The van der Waals surface area contributed by atoms with Crippen molar-refractivity contribution in [3.8, 4) is 5.69 Å². The fourth-order valence-electron chi connectivity index (χ4n) is 4.15. The van der Waals surface area contributed by atoms with Crippen LogP contribution in [0.1, 0.15) is 40.7 Å². The normalized spacial score (nSPS) is 18.2. The van der Waals surface area contributed by atoms with Gasteiger partial charge in [0.1, 0.15) is 5.82 Å². The quantitative estimate of drug-likeness (QED) is 0.388. The molecule has 1 heterocycles. The molecule has 0 fully saturated rings. The van der Waals surface area contributed by atoms with Crippen molar-refractivity contribution in [3.05, 3.63) is 107 Å². The van der Waals surface area contributed by atoms with Crippen LogP contribution in [0, 0.1) is 12.7 Å². The third-order valence-electron chi connectivity index (χ3n) is 6.08. The average molecular weight is 485 g/mol. The van der Waals surface area contributed by atoms with Crippen molar-refractivity contribution in [2.24, 2.45) is 0 Å². The molecule has 1 unspecified atom stereocenters. The van der Waals surface area contributed by atoms with E-state index in [1.807, 2.05) is 0 Å². The number of hydrogen-bond acceptors (Lipinski definition) is 2. The van der Waals surface area contributed by atoms with Crippen molar-refractivity contribution in [2.45, 2.75) is 38.7 Å². The van der Waals surface area contributed by atoms with E-state index in [0.29, 0.717) is 28.2 Å². The molecule has 0 saturated heterocycles. The molecule has 1 aliphatic rings. The molecular weight excluding hydrogens is 462 g/mol. The number of allylic oxidation sites excluding steroid dienone is 2. The highest BCUT2D eigenvalue weighted by atomic mass is 19.4. The van der Waals surface area contributed by atoms with Gasteiger partial charge in [0, 0.05) is 17.0 Å². The third kappa shape index (κ3) is 5.07. The Labute approximate surface area is 199 Å². The van der Waals surface area contributed by atoms with Crippen molar-refractivity contribution in [1.82, 2.24) is 4.57 Å². The molecule has 0 radical (unpaired) electrons. The number of rotatable bonds is 6. The number of aryl methyl sites for hydroxylation is 1. The smallest absolute Gasteiger partial charge is 0.416 e. The predicted molar refractivity (Wildman–Crippen MR) is 124 cm³/mol. The van der Waals surface area contributed by atoms with Gasteiger partial charge in [-0.1, -0.05) is 24.3 Å². The fraction of sp³-hybridized carbons (Fsp3) is 0.222. The Morgan fingerprint density at radius 3 is 2.49 bits per heavy atom. The highest BCUT2D eigenvalue weighted by Crippen LogP contribution is 2.43. The number of aromatic nitrogens is 1. The molecule has 3 aromatic rings. The molecule has 1 N–H and O–H groups in total. The van der Waals surface area contributed by atoms with Gasteiger partial charge in [-0.25, -0.2) is 9.18 Å². The maximum Gasteiger partial charge on any atom is 0.416 e. The van der Waals surface area contributed by atoms with E-state index in [1.165, 1.54) is 24.3 Å². The van der Waals surface area contributed by atoms with Crippen molar-refractivity contribution in [1.29, 1.82) is 0 Å². The minimum Gasteiger partial charge on any atom is -0.478 e. The maximum absolute atomic E-state index is 13.7. The molecule has 1 aliphatic carbocycles. The Hall–Kier alpha value is -3.65. The number of halogens is 4.